The third-order valence-electron chi connectivity index (χ3n) is 5.25. The number of ether oxygens (including phenoxy) is 1. The minimum Gasteiger partial charge on any atom is -0.423 e. The predicted molar refractivity (Wildman–Crippen MR) is 127 cm³/mol. The summed E-state index contributed by atoms with van der Waals surface area (Å²) in [6, 6.07) is 32.6. The zero-order valence-corrected chi connectivity index (χ0v) is 17.9. The van der Waals surface area contributed by atoms with Crippen LogP contribution in [0.1, 0.15) is 15.9 Å². The fourth-order valence-corrected chi connectivity index (χ4v) is 3.90. The van der Waals surface area contributed by atoms with Crippen LogP contribution in [0, 0.1) is 0 Å². The number of carbonyl (C=O) groups excluding carboxylic acids is 1. The number of esters is 1. The number of imidazole rings is 1. The number of hydrogen-bond donors (Lipinski definition) is 0. The molecule has 0 aliphatic heterocycles. The molecule has 0 bridgehead atoms. The van der Waals surface area contributed by atoms with Gasteiger partial charge in [-0.1, -0.05) is 66.2 Å². The van der Waals surface area contributed by atoms with E-state index < -0.39 is 5.97 Å². The molecule has 0 fully saturated rings. The van der Waals surface area contributed by atoms with Crippen LogP contribution in [-0.4, -0.2) is 15.5 Å². The number of aromatic nitrogens is 2. The number of carbonyl (C=O) groups is 1. The van der Waals surface area contributed by atoms with Crippen molar-refractivity contribution in [2.75, 3.05) is 0 Å². The second kappa shape index (κ2) is 8.69. The van der Waals surface area contributed by atoms with Gasteiger partial charge in [0.2, 0.25) is 0 Å². The van der Waals surface area contributed by atoms with Crippen LogP contribution in [-0.2, 0) is 6.54 Å². The van der Waals surface area contributed by atoms with Gasteiger partial charge in [-0.2, -0.15) is 0 Å². The van der Waals surface area contributed by atoms with E-state index in [1.807, 2.05) is 48.5 Å². The van der Waals surface area contributed by atoms with Crippen molar-refractivity contribution in [2.45, 2.75) is 6.54 Å². The zero-order chi connectivity index (χ0) is 21.9. The topological polar surface area (TPSA) is 44.1 Å². The maximum atomic E-state index is 12.4. The van der Waals surface area contributed by atoms with Gasteiger partial charge in [-0.05, 0) is 54.1 Å². The smallest absolute Gasteiger partial charge is 0.345 e. The zero-order valence-electron chi connectivity index (χ0n) is 17.1. The number of hydrogen-bond acceptors (Lipinski definition) is 3. The highest BCUT2D eigenvalue weighted by Crippen LogP contribution is 2.28. The van der Waals surface area contributed by atoms with Gasteiger partial charge in [0.15, 0.2) is 0 Å². The summed E-state index contributed by atoms with van der Waals surface area (Å²) in [7, 11) is 0. The Hall–Kier alpha value is -3.89. The molecule has 5 rings (SSSR count). The standard InChI is InChI=1S/C27H19ClN2O2/c28-23-11-5-4-10-22(23)27(31)32-21-16-14-20(15-17-21)26-29-24-12-6-7-13-25(24)30(26)18-19-8-2-1-3-9-19/h1-17H,18H2. The normalized spacial score (nSPS) is 10.9. The van der Waals surface area contributed by atoms with Gasteiger partial charge in [-0.3, -0.25) is 0 Å². The highest BCUT2D eigenvalue weighted by molar-refractivity contribution is 6.33. The van der Waals surface area contributed by atoms with E-state index in [9.17, 15) is 4.79 Å². The van der Waals surface area contributed by atoms with E-state index in [4.69, 9.17) is 21.3 Å². The quantitative estimate of drug-likeness (QED) is 0.228. The molecule has 1 heterocycles. The summed E-state index contributed by atoms with van der Waals surface area (Å²) in [6.45, 7) is 0.708. The number of fused-ring (bicyclic) bond motifs is 1. The highest BCUT2D eigenvalue weighted by Gasteiger charge is 2.15. The molecule has 5 heteroatoms. The Morgan fingerprint density at radius 1 is 0.812 bits per heavy atom. The lowest BCUT2D eigenvalue weighted by molar-refractivity contribution is 0.0735. The Labute approximate surface area is 190 Å². The molecular formula is C27H19ClN2O2. The average Bonchev–Trinajstić information content (AvgIpc) is 3.19. The monoisotopic (exact) mass is 438 g/mol. The number of benzene rings is 4. The van der Waals surface area contributed by atoms with E-state index in [0.29, 0.717) is 22.9 Å². The first kappa shape index (κ1) is 20.0. The molecule has 0 saturated heterocycles. The van der Waals surface area contributed by atoms with Crippen LogP contribution in [0.5, 0.6) is 5.75 Å². The summed E-state index contributed by atoms with van der Waals surface area (Å²) >= 11 is 6.10. The number of rotatable bonds is 5. The lowest BCUT2D eigenvalue weighted by Gasteiger charge is -2.11. The Morgan fingerprint density at radius 3 is 2.28 bits per heavy atom. The molecule has 156 valence electrons. The van der Waals surface area contributed by atoms with E-state index >= 15 is 0 Å². The van der Waals surface area contributed by atoms with E-state index in [2.05, 4.69) is 22.8 Å². The highest BCUT2D eigenvalue weighted by atomic mass is 35.5. The summed E-state index contributed by atoms with van der Waals surface area (Å²) in [5.74, 6) is 0.822. The van der Waals surface area contributed by atoms with Crippen LogP contribution in [0.15, 0.2) is 103 Å². The summed E-state index contributed by atoms with van der Waals surface area (Å²) in [5.41, 5.74) is 4.48. The van der Waals surface area contributed by atoms with Gasteiger partial charge < -0.3 is 9.30 Å². The van der Waals surface area contributed by atoms with Gasteiger partial charge in [0.25, 0.3) is 0 Å². The van der Waals surface area contributed by atoms with Crippen molar-refractivity contribution in [3.63, 3.8) is 0 Å². The molecule has 0 amide bonds. The van der Waals surface area contributed by atoms with Gasteiger partial charge in [0.1, 0.15) is 11.6 Å². The maximum absolute atomic E-state index is 12.4. The van der Waals surface area contributed by atoms with Gasteiger partial charge >= 0.3 is 5.97 Å². The molecule has 0 spiro atoms. The largest absolute Gasteiger partial charge is 0.423 e. The second-order valence-corrected chi connectivity index (χ2v) is 7.80. The molecular weight excluding hydrogens is 420 g/mol. The Morgan fingerprint density at radius 2 is 1.50 bits per heavy atom. The van der Waals surface area contributed by atoms with Crippen molar-refractivity contribution >= 4 is 28.6 Å². The Kier molecular flexibility index (Phi) is 5.44. The molecule has 0 unspecified atom stereocenters. The van der Waals surface area contributed by atoms with Crippen molar-refractivity contribution in [3.05, 3.63) is 119 Å². The molecule has 4 nitrogen and oxygen atoms in total. The molecule has 0 radical (unpaired) electrons. The predicted octanol–water partition coefficient (Wildman–Crippen LogP) is 6.62. The minimum atomic E-state index is -0.486. The van der Waals surface area contributed by atoms with Gasteiger partial charge in [-0.25, -0.2) is 9.78 Å². The molecule has 5 aromatic rings. The molecule has 0 aliphatic carbocycles. The number of para-hydroxylation sites is 2. The lowest BCUT2D eigenvalue weighted by Crippen LogP contribution is -2.09. The molecule has 4 aromatic carbocycles. The van der Waals surface area contributed by atoms with E-state index in [-0.39, 0.29) is 0 Å². The maximum Gasteiger partial charge on any atom is 0.345 e. The van der Waals surface area contributed by atoms with Crippen molar-refractivity contribution in [1.82, 2.24) is 9.55 Å². The first-order chi connectivity index (χ1) is 15.7. The third kappa shape index (κ3) is 4.01. The van der Waals surface area contributed by atoms with Crippen molar-refractivity contribution in [1.29, 1.82) is 0 Å². The Bertz CT molecular complexity index is 1390. The van der Waals surface area contributed by atoms with Crippen LogP contribution < -0.4 is 4.74 Å². The van der Waals surface area contributed by atoms with Crippen LogP contribution in [0.3, 0.4) is 0 Å². The first-order valence-electron chi connectivity index (χ1n) is 10.3. The molecule has 0 aliphatic rings. The SMILES string of the molecule is O=C(Oc1ccc(-c2nc3ccccc3n2Cc2ccccc2)cc1)c1ccccc1Cl. The summed E-state index contributed by atoms with van der Waals surface area (Å²) in [6.07, 6.45) is 0. The van der Waals surface area contributed by atoms with E-state index in [0.717, 1.165) is 22.4 Å². The molecule has 0 N–H and O–H groups in total. The minimum absolute atomic E-state index is 0.336. The third-order valence-corrected chi connectivity index (χ3v) is 5.58. The summed E-state index contributed by atoms with van der Waals surface area (Å²) < 4.78 is 7.71. The average molecular weight is 439 g/mol. The molecule has 0 atom stereocenters. The van der Waals surface area contributed by atoms with Crippen LogP contribution in [0.2, 0.25) is 5.02 Å². The fraction of sp³-hybridized carbons (Fsp3) is 0.0370. The van der Waals surface area contributed by atoms with Crippen molar-refractivity contribution < 1.29 is 9.53 Å². The van der Waals surface area contributed by atoms with Crippen molar-refractivity contribution in [3.8, 4) is 17.1 Å². The van der Waals surface area contributed by atoms with Crippen LogP contribution in [0.25, 0.3) is 22.4 Å². The number of halogens is 1. The summed E-state index contributed by atoms with van der Waals surface area (Å²) in [5, 5.41) is 0.365. The van der Waals surface area contributed by atoms with Crippen LogP contribution in [0.4, 0.5) is 0 Å². The fourth-order valence-electron chi connectivity index (χ4n) is 3.68. The Balaban J connectivity index is 1.46. The molecule has 32 heavy (non-hydrogen) atoms. The van der Waals surface area contributed by atoms with Gasteiger partial charge in [0.05, 0.1) is 21.6 Å². The van der Waals surface area contributed by atoms with Gasteiger partial charge in [-0.15, -0.1) is 0 Å². The van der Waals surface area contributed by atoms with Gasteiger partial charge in [0, 0.05) is 12.1 Å². The molecule has 1 aromatic heterocycles. The summed E-state index contributed by atoms with van der Waals surface area (Å²) in [4.78, 5) is 17.3. The lowest BCUT2D eigenvalue weighted by atomic mass is 10.2. The number of nitrogens with zero attached hydrogens (tertiary/aromatic N) is 2. The first-order valence-corrected chi connectivity index (χ1v) is 10.6. The molecule has 0 saturated carbocycles. The van der Waals surface area contributed by atoms with Crippen molar-refractivity contribution in [2.24, 2.45) is 0 Å². The van der Waals surface area contributed by atoms with E-state index in [1.54, 1.807) is 36.4 Å². The van der Waals surface area contributed by atoms with E-state index in [1.165, 1.54) is 5.56 Å². The second-order valence-electron chi connectivity index (χ2n) is 7.39. The van der Waals surface area contributed by atoms with Crippen LogP contribution >= 0.6 is 11.6 Å².